The van der Waals surface area contributed by atoms with Crippen LogP contribution in [0.2, 0.25) is 0 Å². The van der Waals surface area contributed by atoms with Crippen molar-refractivity contribution in [2.24, 2.45) is 11.8 Å². The predicted molar refractivity (Wildman–Crippen MR) is 161 cm³/mol. The highest BCUT2D eigenvalue weighted by atomic mass is 32.1. The van der Waals surface area contributed by atoms with Gasteiger partial charge in [-0.15, -0.1) is 11.3 Å². The van der Waals surface area contributed by atoms with Gasteiger partial charge < -0.3 is 29.0 Å². The van der Waals surface area contributed by atoms with Crippen molar-refractivity contribution in [3.8, 4) is 11.5 Å². The Kier molecular flexibility index (Phi) is 11.3. The van der Waals surface area contributed by atoms with Gasteiger partial charge in [0.2, 0.25) is 5.75 Å². The number of hydrogen-bond donors (Lipinski definition) is 1. The topological polar surface area (TPSA) is 156 Å². The molecule has 4 atom stereocenters. The number of thiophene rings is 1. The van der Waals surface area contributed by atoms with Crippen molar-refractivity contribution in [1.82, 2.24) is 10.3 Å². The molecular weight excluding hydrogens is 604 g/mol. The molecule has 3 heterocycles. The fourth-order valence-electron chi connectivity index (χ4n) is 4.53. The minimum Gasteiger partial charge on any atom is -0.493 e. The van der Waals surface area contributed by atoms with Crippen LogP contribution in [0.1, 0.15) is 41.7 Å². The van der Waals surface area contributed by atoms with Crippen LogP contribution in [0, 0.1) is 11.8 Å². The molecule has 1 aliphatic rings. The normalized spacial score (nSPS) is 20.1. The first-order chi connectivity index (χ1) is 21.6. The molecule has 4 rings (SSSR count). The molecule has 13 heteroatoms. The van der Waals surface area contributed by atoms with E-state index in [4.69, 9.17) is 23.7 Å². The van der Waals surface area contributed by atoms with Crippen molar-refractivity contribution in [2.75, 3.05) is 13.7 Å². The largest absolute Gasteiger partial charge is 0.493 e. The van der Waals surface area contributed by atoms with E-state index in [1.54, 1.807) is 38.1 Å². The second-order valence-corrected chi connectivity index (χ2v) is 11.6. The van der Waals surface area contributed by atoms with Crippen LogP contribution in [0.4, 0.5) is 0 Å². The number of pyridine rings is 1. The Morgan fingerprint density at radius 2 is 1.82 bits per heavy atom. The zero-order valence-electron chi connectivity index (χ0n) is 25.2. The highest BCUT2D eigenvalue weighted by molar-refractivity contribution is 7.10. The molecule has 1 saturated heterocycles. The highest BCUT2D eigenvalue weighted by Crippen LogP contribution is 2.30. The van der Waals surface area contributed by atoms with E-state index in [9.17, 15) is 24.0 Å². The number of benzene rings is 1. The molecule has 0 spiro atoms. The number of rotatable bonds is 10. The van der Waals surface area contributed by atoms with Crippen LogP contribution in [0.15, 0.2) is 60.1 Å². The van der Waals surface area contributed by atoms with Gasteiger partial charge in [0.1, 0.15) is 18.6 Å². The second kappa shape index (κ2) is 15.3. The lowest BCUT2D eigenvalue weighted by Crippen LogP contribution is -2.47. The van der Waals surface area contributed by atoms with Gasteiger partial charge in [-0.1, -0.05) is 50.2 Å². The number of amides is 1. The van der Waals surface area contributed by atoms with Gasteiger partial charge in [0.05, 0.1) is 19.4 Å². The number of aromatic nitrogens is 1. The van der Waals surface area contributed by atoms with E-state index in [1.807, 2.05) is 23.6 Å². The minimum atomic E-state index is -1.47. The number of methoxy groups -OCH3 is 1. The van der Waals surface area contributed by atoms with E-state index < -0.39 is 66.5 Å². The summed E-state index contributed by atoms with van der Waals surface area (Å²) in [5.41, 5.74) is 0.435. The Morgan fingerprint density at radius 3 is 2.49 bits per heavy atom. The maximum Gasteiger partial charge on any atom is 0.332 e. The summed E-state index contributed by atoms with van der Waals surface area (Å²) in [6.45, 7) is 4.21. The summed E-state index contributed by atoms with van der Waals surface area (Å²) in [4.78, 5) is 70.3. The quantitative estimate of drug-likeness (QED) is 0.257. The van der Waals surface area contributed by atoms with Gasteiger partial charge >= 0.3 is 23.9 Å². The number of carbonyl (C=O) groups excluding carboxylic acids is 5. The van der Waals surface area contributed by atoms with Gasteiger partial charge in [0.25, 0.3) is 5.91 Å². The van der Waals surface area contributed by atoms with Gasteiger partial charge in [-0.2, -0.15) is 0 Å². The minimum absolute atomic E-state index is 0.0493. The molecule has 1 aliphatic heterocycles. The number of ether oxygens (including phenoxy) is 5. The maximum absolute atomic E-state index is 13.5. The molecule has 0 aliphatic carbocycles. The zero-order chi connectivity index (χ0) is 32.5. The molecule has 2 aromatic heterocycles. The van der Waals surface area contributed by atoms with E-state index in [1.165, 1.54) is 37.6 Å². The third-order valence-corrected chi connectivity index (χ3v) is 7.76. The molecule has 1 N–H and O–H groups in total. The number of esters is 4. The summed E-state index contributed by atoms with van der Waals surface area (Å²) >= 11 is 1.37. The third kappa shape index (κ3) is 8.66. The Morgan fingerprint density at radius 1 is 1.07 bits per heavy atom. The Hall–Kier alpha value is -4.78. The van der Waals surface area contributed by atoms with E-state index >= 15 is 0 Å². The van der Waals surface area contributed by atoms with Gasteiger partial charge in [0.15, 0.2) is 23.6 Å². The average Bonchev–Trinajstić information content (AvgIpc) is 3.54. The van der Waals surface area contributed by atoms with Crippen molar-refractivity contribution in [3.05, 3.63) is 76.2 Å². The number of nitrogens with zero attached hydrogens (tertiary/aromatic N) is 1. The van der Waals surface area contributed by atoms with Crippen LogP contribution < -0.4 is 14.8 Å². The van der Waals surface area contributed by atoms with Gasteiger partial charge in [-0.25, -0.2) is 9.78 Å². The van der Waals surface area contributed by atoms with Gasteiger partial charge in [-0.05, 0) is 30.4 Å². The van der Waals surface area contributed by atoms with E-state index in [2.05, 4.69) is 10.3 Å². The average molecular weight is 639 g/mol. The molecule has 1 fully saturated rings. The molecule has 1 aromatic carbocycles. The van der Waals surface area contributed by atoms with Crippen molar-refractivity contribution in [2.45, 2.75) is 51.9 Å². The molecular formula is C32H34N2O10S. The van der Waals surface area contributed by atoms with Gasteiger partial charge in [-0.3, -0.25) is 19.2 Å². The van der Waals surface area contributed by atoms with Crippen LogP contribution >= 0.6 is 11.3 Å². The van der Waals surface area contributed by atoms with Crippen LogP contribution in [0.3, 0.4) is 0 Å². The fourth-order valence-corrected chi connectivity index (χ4v) is 5.22. The molecule has 0 bridgehead atoms. The lowest BCUT2D eigenvalue weighted by molar-refractivity contribution is -0.176. The van der Waals surface area contributed by atoms with Crippen molar-refractivity contribution < 1.29 is 47.7 Å². The van der Waals surface area contributed by atoms with Crippen molar-refractivity contribution >= 4 is 41.1 Å². The monoisotopic (exact) mass is 638 g/mol. The molecule has 0 saturated carbocycles. The smallest absolute Gasteiger partial charge is 0.332 e. The number of nitrogens with one attached hydrogen (secondary N) is 1. The molecule has 0 radical (unpaired) electrons. The second-order valence-electron chi connectivity index (χ2n) is 10.6. The molecule has 238 valence electrons. The summed E-state index contributed by atoms with van der Waals surface area (Å²) in [6.07, 6.45) is -0.881. The lowest BCUT2D eigenvalue weighted by atomic mass is 9.91. The Balaban J connectivity index is 1.57. The molecule has 4 unspecified atom stereocenters. The van der Waals surface area contributed by atoms with Crippen LogP contribution in [0.25, 0.3) is 0 Å². The van der Waals surface area contributed by atoms with Gasteiger partial charge in [0, 0.05) is 17.1 Å². The number of hydrogen-bond acceptors (Lipinski definition) is 12. The summed E-state index contributed by atoms with van der Waals surface area (Å²) in [7, 11) is 1.33. The molecule has 3 aromatic rings. The molecule has 12 nitrogen and oxygen atoms in total. The SMILES string of the molecule is COc1ccnc(C(=O)NC2COC(=O)C(Cc3ccccc3)C(OC(=O)C(C)C)C(C)OC2=O)c1OC(=O)Cc1cccs1. The van der Waals surface area contributed by atoms with E-state index in [-0.39, 0.29) is 30.0 Å². The van der Waals surface area contributed by atoms with E-state index in [0.717, 1.165) is 10.4 Å². The van der Waals surface area contributed by atoms with E-state index in [0.29, 0.717) is 0 Å². The Bertz CT molecular complexity index is 1510. The zero-order valence-corrected chi connectivity index (χ0v) is 26.0. The lowest BCUT2D eigenvalue weighted by Gasteiger charge is -2.29. The van der Waals surface area contributed by atoms with Crippen LogP contribution in [-0.4, -0.2) is 66.7 Å². The maximum atomic E-state index is 13.5. The Labute approximate surface area is 264 Å². The standard InChI is InChI=1S/C32H34N2O10S/c1-18(2)30(37)44-27-19(3)42-32(39)23(17-41-31(38)22(27)15-20-9-6-5-7-10-20)34-29(36)26-28(24(40-4)12-13-33-26)43-25(35)16-21-11-8-14-45-21/h5-14,18-19,22-23,27H,15-17H2,1-4H3,(H,34,36). The summed E-state index contributed by atoms with van der Waals surface area (Å²) in [6, 6.07) is 12.6. The van der Waals surface area contributed by atoms with Crippen LogP contribution in [-0.2, 0) is 46.2 Å². The summed E-state index contributed by atoms with van der Waals surface area (Å²) in [5, 5.41) is 4.28. The highest BCUT2D eigenvalue weighted by Gasteiger charge is 2.42. The van der Waals surface area contributed by atoms with Crippen molar-refractivity contribution in [1.29, 1.82) is 0 Å². The third-order valence-electron chi connectivity index (χ3n) is 6.89. The van der Waals surface area contributed by atoms with Crippen LogP contribution in [0.5, 0.6) is 11.5 Å². The fraction of sp³-hybridized carbons (Fsp3) is 0.375. The number of cyclic esters (lactones) is 2. The molecule has 1 amide bonds. The summed E-state index contributed by atoms with van der Waals surface area (Å²) in [5.74, 6) is -5.54. The number of carbonyl (C=O) groups is 5. The van der Waals surface area contributed by atoms with Crippen molar-refractivity contribution in [3.63, 3.8) is 0 Å². The summed E-state index contributed by atoms with van der Waals surface area (Å²) < 4.78 is 27.6. The first-order valence-electron chi connectivity index (χ1n) is 14.3. The first-order valence-corrected chi connectivity index (χ1v) is 15.1. The first kappa shape index (κ1) is 33.1. The predicted octanol–water partition coefficient (Wildman–Crippen LogP) is 3.31. The molecule has 45 heavy (non-hydrogen) atoms.